The number of rotatable bonds is 6. The SMILES string of the molecule is CN1CCC/C1=N/S(=O)(=O)c1ccc(NC(=O)c2cccnc2Nc2cccc(F)c2)cc1. The number of nitrogens with zero attached hydrogens (tertiary/aromatic N) is 3. The van der Waals surface area contributed by atoms with E-state index >= 15 is 0 Å². The molecular weight excluding hydrogens is 445 g/mol. The van der Waals surface area contributed by atoms with Crippen molar-refractivity contribution in [3.8, 4) is 0 Å². The van der Waals surface area contributed by atoms with Crippen LogP contribution in [0.4, 0.5) is 21.6 Å². The van der Waals surface area contributed by atoms with Crippen molar-refractivity contribution in [3.63, 3.8) is 0 Å². The smallest absolute Gasteiger partial charge is 0.283 e. The van der Waals surface area contributed by atoms with Gasteiger partial charge in [0.15, 0.2) is 0 Å². The molecule has 10 heteroatoms. The molecule has 1 aliphatic heterocycles. The van der Waals surface area contributed by atoms with Gasteiger partial charge in [0.05, 0.1) is 10.5 Å². The highest BCUT2D eigenvalue weighted by Crippen LogP contribution is 2.22. The van der Waals surface area contributed by atoms with E-state index in [9.17, 15) is 17.6 Å². The van der Waals surface area contributed by atoms with E-state index < -0.39 is 21.7 Å². The summed E-state index contributed by atoms with van der Waals surface area (Å²) >= 11 is 0. The Labute approximate surface area is 191 Å². The summed E-state index contributed by atoms with van der Waals surface area (Å²) in [6, 6.07) is 14.8. The number of likely N-dealkylation sites (tertiary alicyclic amines) is 1. The van der Waals surface area contributed by atoms with Gasteiger partial charge >= 0.3 is 0 Å². The van der Waals surface area contributed by atoms with Crippen molar-refractivity contribution in [2.24, 2.45) is 4.40 Å². The van der Waals surface area contributed by atoms with E-state index in [1.807, 2.05) is 11.9 Å². The van der Waals surface area contributed by atoms with Gasteiger partial charge in [-0.15, -0.1) is 4.40 Å². The lowest BCUT2D eigenvalue weighted by molar-refractivity contribution is 0.102. The highest BCUT2D eigenvalue weighted by molar-refractivity contribution is 7.90. The zero-order chi connectivity index (χ0) is 23.4. The van der Waals surface area contributed by atoms with Crippen LogP contribution in [0.3, 0.4) is 0 Å². The third kappa shape index (κ3) is 5.35. The van der Waals surface area contributed by atoms with E-state index in [4.69, 9.17) is 0 Å². The molecule has 0 spiro atoms. The average Bonchev–Trinajstić information content (AvgIpc) is 3.18. The third-order valence-corrected chi connectivity index (χ3v) is 6.43. The summed E-state index contributed by atoms with van der Waals surface area (Å²) in [7, 11) is -2.02. The summed E-state index contributed by atoms with van der Waals surface area (Å²) in [6.07, 6.45) is 3.02. The van der Waals surface area contributed by atoms with Crippen LogP contribution in [0.2, 0.25) is 0 Å². The number of anilines is 3. The number of aromatic nitrogens is 1. The van der Waals surface area contributed by atoms with Gasteiger partial charge in [0, 0.05) is 37.6 Å². The molecular formula is C23H22FN5O3S. The van der Waals surface area contributed by atoms with Gasteiger partial charge in [-0.25, -0.2) is 9.37 Å². The molecule has 0 atom stereocenters. The maximum Gasteiger partial charge on any atom is 0.283 e. The van der Waals surface area contributed by atoms with Crippen LogP contribution in [0.1, 0.15) is 23.2 Å². The second kappa shape index (κ2) is 9.37. The Hall–Kier alpha value is -3.79. The third-order valence-electron chi connectivity index (χ3n) is 5.11. The molecule has 0 saturated carbocycles. The van der Waals surface area contributed by atoms with E-state index in [2.05, 4.69) is 20.0 Å². The van der Waals surface area contributed by atoms with Crippen LogP contribution in [0.5, 0.6) is 0 Å². The first-order valence-corrected chi connectivity index (χ1v) is 11.7. The zero-order valence-corrected chi connectivity index (χ0v) is 18.6. The molecule has 0 bridgehead atoms. The van der Waals surface area contributed by atoms with Gasteiger partial charge in [-0.2, -0.15) is 8.42 Å². The summed E-state index contributed by atoms with van der Waals surface area (Å²) in [5.41, 5.74) is 1.10. The molecule has 4 rings (SSSR count). The van der Waals surface area contributed by atoms with Crippen LogP contribution in [0, 0.1) is 5.82 Å². The molecule has 1 fully saturated rings. The van der Waals surface area contributed by atoms with Gasteiger partial charge in [0.2, 0.25) is 0 Å². The van der Waals surface area contributed by atoms with E-state index in [-0.39, 0.29) is 16.3 Å². The first kappa shape index (κ1) is 22.4. The Bertz CT molecular complexity index is 1310. The predicted molar refractivity (Wildman–Crippen MR) is 125 cm³/mol. The summed E-state index contributed by atoms with van der Waals surface area (Å²) in [5.74, 6) is -0.0642. The number of hydrogen-bond donors (Lipinski definition) is 2. The number of benzene rings is 2. The minimum Gasteiger partial charge on any atom is -0.362 e. The monoisotopic (exact) mass is 467 g/mol. The first-order chi connectivity index (χ1) is 15.8. The van der Waals surface area contributed by atoms with Gasteiger partial charge in [-0.3, -0.25) is 4.79 Å². The highest BCUT2D eigenvalue weighted by atomic mass is 32.2. The fourth-order valence-electron chi connectivity index (χ4n) is 3.40. The van der Waals surface area contributed by atoms with Crippen molar-refractivity contribution in [1.82, 2.24) is 9.88 Å². The molecule has 0 aliphatic carbocycles. The lowest BCUT2D eigenvalue weighted by Gasteiger charge is -2.12. The molecule has 0 radical (unpaired) electrons. The van der Waals surface area contributed by atoms with Gasteiger partial charge in [-0.1, -0.05) is 6.07 Å². The maximum absolute atomic E-state index is 13.5. The molecule has 1 amide bonds. The van der Waals surface area contributed by atoms with E-state index in [1.165, 1.54) is 42.6 Å². The van der Waals surface area contributed by atoms with Gasteiger partial charge in [0.25, 0.3) is 15.9 Å². The summed E-state index contributed by atoms with van der Waals surface area (Å²) in [5, 5.41) is 5.66. The molecule has 1 aliphatic rings. The number of pyridine rings is 1. The Morgan fingerprint density at radius 1 is 1.09 bits per heavy atom. The van der Waals surface area contributed by atoms with Crippen LogP contribution >= 0.6 is 0 Å². The van der Waals surface area contributed by atoms with Crippen molar-refractivity contribution in [2.75, 3.05) is 24.2 Å². The van der Waals surface area contributed by atoms with Crippen LogP contribution < -0.4 is 10.6 Å². The summed E-state index contributed by atoms with van der Waals surface area (Å²) < 4.78 is 42.6. The summed E-state index contributed by atoms with van der Waals surface area (Å²) in [4.78, 5) is 18.9. The van der Waals surface area contributed by atoms with Crippen molar-refractivity contribution in [2.45, 2.75) is 17.7 Å². The molecule has 1 aromatic heterocycles. The summed E-state index contributed by atoms with van der Waals surface area (Å²) in [6.45, 7) is 0.781. The van der Waals surface area contributed by atoms with Crippen molar-refractivity contribution in [1.29, 1.82) is 0 Å². The fourth-order valence-corrected chi connectivity index (χ4v) is 4.49. The Morgan fingerprint density at radius 3 is 2.58 bits per heavy atom. The lowest BCUT2D eigenvalue weighted by Crippen LogP contribution is -2.20. The minimum absolute atomic E-state index is 0.0446. The van der Waals surface area contributed by atoms with Crippen LogP contribution in [-0.2, 0) is 10.0 Å². The number of halogens is 1. The van der Waals surface area contributed by atoms with Crippen LogP contribution in [0.25, 0.3) is 0 Å². The van der Waals surface area contributed by atoms with E-state index in [0.29, 0.717) is 23.6 Å². The Balaban J connectivity index is 1.50. The fraction of sp³-hybridized carbons (Fsp3) is 0.174. The zero-order valence-electron chi connectivity index (χ0n) is 17.8. The second-order valence-corrected chi connectivity index (χ2v) is 9.13. The molecule has 8 nitrogen and oxygen atoms in total. The Kier molecular flexibility index (Phi) is 6.36. The predicted octanol–water partition coefficient (Wildman–Crippen LogP) is 4.03. The highest BCUT2D eigenvalue weighted by Gasteiger charge is 2.20. The topological polar surface area (TPSA) is 104 Å². The maximum atomic E-state index is 13.5. The first-order valence-electron chi connectivity index (χ1n) is 10.3. The second-order valence-electron chi connectivity index (χ2n) is 7.52. The molecule has 1 saturated heterocycles. The molecule has 2 aromatic carbocycles. The van der Waals surface area contributed by atoms with Crippen molar-refractivity contribution in [3.05, 3.63) is 78.2 Å². The number of carbonyl (C=O) groups is 1. The lowest BCUT2D eigenvalue weighted by atomic mass is 10.2. The number of nitrogens with one attached hydrogen (secondary N) is 2. The minimum atomic E-state index is -3.84. The van der Waals surface area contributed by atoms with E-state index in [0.717, 1.165) is 13.0 Å². The van der Waals surface area contributed by atoms with E-state index in [1.54, 1.807) is 24.3 Å². The van der Waals surface area contributed by atoms with Crippen LogP contribution in [-0.4, -0.2) is 43.6 Å². The number of amides is 1. The number of hydrogen-bond acceptors (Lipinski definition) is 5. The largest absolute Gasteiger partial charge is 0.362 e. The molecule has 0 unspecified atom stereocenters. The van der Waals surface area contributed by atoms with Gasteiger partial charge in [-0.05, 0) is 61.0 Å². The number of carbonyl (C=O) groups excluding carboxylic acids is 1. The molecule has 170 valence electrons. The van der Waals surface area contributed by atoms with Crippen LogP contribution in [0.15, 0.2) is 76.2 Å². The molecule has 3 aromatic rings. The molecule has 2 heterocycles. The molecule has 33 heavy (non-hydrogen) atoms. The Morgan fingerprint density at radius 2 is 1.88 bits per heavy atom. The quantitative estimate of drug-likeness (QED) is 0.567. The number of amidine groups is 1. The van der Waals surface area contributed by atoms with Gasteiger partial charge in [0.1, 0.15) is 17.5 Å². The van der Waals surface area contributed by atoms with Gasteiger partial charge < -0.3 is 15.5 Å². The van der Waals surface area contributed by atoms with Crippen molar-refractivity contribution >= 4 is 39.0 Å². The van der Waals surface area contributed by atoms with Crippen molar-refractivity contribution < 1.29 is 17.6 Å². The average molecular weight is 468 g/mol. The molecule has 2 N–H and O–H groups in total. The number of sulfonamides is 1. The standard InChI is InChI=1S/C23H22FN5O3S/c1-29-14-4-8-21(29)28-33(31,32)19-11-9-17(10-12-19)27-23(30)20-7-3-13-25-22(20)26-18-6-2-5-16(24)15-18/h2-3,5-7,9-13,15H,4,8,14H2,1H3,(H,25,26)(H,27,30)/b28-21-. The normalized spacial score (nSPS) is 15.0.